The summed E-state index contributed by atoms with van der Waals surface area (Å²) in [4.78, 5) is 10.5. The summed E-state index contributed by atoms with van der Waals surface area (Å²) in [5.41, 5.74) is 0. The van der Waals surface area contributed by atoms with Gasteiger partial charge in [-0.3, -0.25) is 4.79 Å². The van der Waals surface area contributed by atoms with Crippen LogP contribution in [0.15, 0.2) is 0 Å². The van der Waals surface area contributed by atoms with Gasteiger partial charge in [0.2, 0.25) is 0 Å². The zero-order valence-electron chi connectivity index (χ0n) is 5.99. The molecule has 0 aromatic carbocycles. The van der Waals surface area contributed by atoms with Crippen molar-refractivity contribution in [2.45, 2.75) is 17.6 Å². The largest absolute Gasteiger partial charge is 0.300 e. The number of ketones is 1. The Hall–Kier alpha value is -0.890. The highest BCUT2D eigenvalue weighted by molar-refractivity contribution is 7.92. The van der Waals surface area contributed by atoms with E-state index in [2.05, 4.69) is 0 Å². The first-order valence-electron chi connectivity index (χ1n) is 3.04. The Bertz CT molecular complexity index is 327. The van der Waals surface area contributed by atoms with Crippen LogP contribution in [-0.2, 0) is 14.6 Å². The smallest absolute Gasteiger partial charge is 0.171 e. The summed E-state index contributed by atoms with van der Waals surface area (Å²) < 4.78 is 20.5. The lowest BCUT2D eigenvalue weighted by molar-refractivity contribution is -0.124. The number of nitrogens with zero attached hydrogens (tertiary/aromatic N) is 1. The predicted octanol–water partition coefficient (Wildman–Crippen LogP) is -0.344. The van der Waals surface area contributed by atoms with Crippen LogP contribution in [0.3, 0.4) is 0 Å². The molecule has 60 valence electrons. The van der Waals surface area contributed by atoms with E-state index in [0.717, 1.165) is 6.26 Å². The first-order chi connectivity index (χ1) is 4.91. The molecule has 1 fully saturated rings. The van der Waals surface area contributed by atoms with Gasteiger partial charge in [-0.05, 0) is 0 Å². The van der Waals surface area contributed by atoms with Gasteiger partial charge in [-0.1, -0.05) is 0 Å². The third-order valence-electron chi connectivity index (χ3n) is 1.88. The van der Waals surface area contributed by atoms with Crippen LogP contribution >= 0.6 is 0 Å². The van der Waals surface area contributed by atoms with E-state index in [-0.39, 0.29) is 18.6 Å². The molecule has 0 atom stereocenters. The van der Waals surface area contributed by atoms with Crippen LogP contribution < -0.4 is 0 Å². The Balaban J connectivity index is 3.02. The Morgan fingerprint density at radius 2 is 2.00 bits per heavy atom. The van der Waals surface area contributed by atoms with Crippen molar-refractivity contribution in [3.63, 3.8) is 0 Å². The van der Waals surface area contributed by atoms with Crippen LogP contribution in [0.1, 0.15) is 12.8 Å². The van der Waals surface area contributed by atoms with Crippen LogP contribution in [0.5, 0.6) is 0 Å². The first-order valence-corrected chi connectivity index (χ1v) is 4.93. The Morgan fingerprint density at radius 3 is 2.09 bits per heavy atom. The molecule has 1 rings (SSSR count). The Labute approximate surface area is 64.7 Å². The molecule has 0 radical (unpaired) electrons. The predicted molar refractivity (Wildman–Crippen MR) is 37.4 cm³/mol. The summed E-state index contributed by atoms with van der Waals surface area (Å²) >= 11 is 0. The van der Waals surface area contributed by atoms with Gasteiger partial charge in [0.1, 0.15) is 5.78 Å². The maximum absolute atomic E-state index is 10.9. The van der Waals surface area contributed by atoms with Gasteiger partial charge in [-0.2, -0.15) is 5.26 Å². The maximum Gasteiger partial charge on any atom is 0.171 e. The maximum atomic E-state index is 10.9. The van der Waals surface area contributed by atoms with Gasteiger partial charge >= 0.3 is 0 Å². The van der Waals surface area contributed by atoms with Crippen LogP contribution in [-0.4, -0.2) is 25.2 Å². The lowest BCUT2D eigenvalue weighted by Crippen LogP contribution is -2.49. The van der Waals surface area contributed by atoms with E-state index in [0.29, 0.717) is 0 Å². The SMILES string of the molecule is CS(=O)(=O)C1(C#N)CC(=O)C1. The van der Waals surface area contributed by atoms with Crippen molar-refractivity contribution in [1.82, 2.24) is 0 Å². The minimum absolute atomic E-state index is 0.137. The molecule has 1 aliphatic carbocycles. The standard InChI is InChI=1S/C6H7NO3S/c1-11(9,10)6(4-7)2-5(8)3-6/h2-3H2,1H3. The van der Waals surface area contributed by atoms with E-state index in [1.165, 1.54) is 0 Å². The van der Waals surface area contributed by atoms with Crippen molar-refractivity contribution in [2.24, 2.45) is 0 Å². The normalized spacial score (nSPS) is 22.0. The third-order valence-corrected chi connectivity index (χ3v) is 3.68. The molecule has 0 amide bonds. The fourth-order valence-electron chi connectivity index (χ4n) is 1.01. The molecule has 0 spiro atoms. The number of Topliss-reactive ketones (excluding diaryl/α,β-unsaturated/α-hetero) is 1. The molecule has 5 heteroatoms. The molecule has 11 heavy (non-hydrogen) atoms. The Kier molecular flexibility index (Phi) is 1.53. The lowest BCUT2D eigenvalue weighted by Gasteiger charge is -2.31. The number of carbonyl (C=O) groups is 1. The summed E-state index contributed by atoms with van der Waals surface area (Å²) in [6.45, 7) is 0. The monoisotopic (exact) mass is 173 g/mol. The van der Waals surface area contributed by atoms with E-state index in [4.69, 9.17) is 5.26 Å². The first kappa shape index (κ1) is 8.21. The van der Waals surface area contributed by atoms with Gasteiger partial charge in [0, 0.05) is 19.1 Å². The number of sulfone groups is 1. The fraction of sp³-hybridized carbons (Fsp3) is 0.667. The van der Waals surface area contributed by atoms with E-state index in [1.807, 2.05) is 0 Å². The van der Waals surface area contributed by atoms with Gasteiger partial charge in [0.15, 0.2) is 14.6 Å². The number of nitriles is 1. The van der Waals surface area contributed by atoms with E-state index >= 15 is 0 Å². The van der Waals surface area contributed by atoms with E-state index in [1.54, 1.807) is 6.07 Å². The second-order valence-electron chi connectivity index (χ2n) is 2.77. The molecule has 0 aromatic rings. The van der Waals surface area contributed by atoms with Crippen molar-refractivity contribution in [1.29, 1.82) is 5.26 Å². The minimum Gasteiger partial charge on any atom is -0.300 e. The summed E-state index contributed by atoms with van der Waals surface area (Å²) in [5, 5.41) is 8.51. The highest BCUT2D eigenvalue weighted by atomic mass is 32.2. The van der Waals surface area contributed by atoms with Crippen LogP contribution in [0.2, 0.25) is 0 Å². The number of rotatable bonds is 1. The van der Waals surface area contributed by atoms with Gasteiger partial charge in [0.25, 0.3) is 0 Å². The second-order valence-corrected chi connectivity index (χ2v) is 5.10. The minimum atomic E-state index is -3.39. The molecule has 1 saturated carbocycles. The number of hydrogen-bond acceptors (Lipinski definition) is 4. The van der Waals surface area contributed by atoms with Crippen molar-refractivity contribution < 1.29 is 13.2 Å². The van der Waals surface area contributed by atoms with Crippen molar-refractivity contribution in [2.75, 3.05) is 6.26 Å². The molecular formula is C6H7NO3S. The molecule has 0 aliphatic heterocycles. The fourth-order valence-corrected chi connectivity index (χ4v) is 2.02. The zero-order valence-corrected chi connectivity index (χ0v) is 6.81. The molecule has 0 saturated heterocycles. The Morgan fingerprint density at radius 1 is 1.55 bits per heavy atom. The number of carbonyl (C=O) groups excluding carboxylic acids is 1. The van der Waals surface area contributed by atoms with Gasteiger partial charge in [-0.15, -0.1) is 0 Å². The average Bonchev–Trinajstić information content (AvgIpc) is 1.77. The summed E-state index contributed by atoms with van der Waals surface area (Å²) in [6, 6.07) is 1.68. The van der Waals surface area contributed by atoms with Crippen molar-refractivity contribution >= 4 is 15.6 Å². The molecule has 0 N–H and O–H groups in total. The molecule has 0 unspecified atom stereocenters. The van der Waals surface area contributed by atoms with Crippen LogP contribution in [0.25, 0.3) is 0 Å². The van der Waals surface area contributed by atoms with E-state index < -0.39 is 14.6 Å². The number of hydrogen-bond donors (Lipinski definition) is 0. The highest BCUT2D eigenvalue weighted by Crippen LogP contribution is 2.35. The van der Waals surface area contributed by atoms with Gasteiger partial charge < -0.3 is 0 Å². The summed E-state index contributed by atoms with van der Waals surface area (Å²) in [6.07, 6.45) is 0.716. The zero-order chi connectivity index (χ0) is 8.70. The molecule has 0 bridgehead atoms. The quantitative estimate of drug-likeness (QED) is 0.543. The summed E-state index contributed by atoms with van der Waals surface area (Å²) in [5.74, 6) is -0.156. The van der Waals surface area contributed by atoms with Gasteiger partial charge in [-0.25, -0.2) is 8.42 Å². The highest BCUT2D eigenvalue weighted by Gasteiger charge is 2.52. The van der Waals surface area contributed by atoms with E-state index in [9.17, 15) is 13.2 Å². The molecule has 0 heterocycles. The van der Waals surface area contributed by atoms with Crippen LogP contribution in [0, 0.1) is 11.3 Å². The van der Waals surface area contributed by atoms with Crippen molar-refractivity contribution in [3.8, 4) is 6.07 Å². The third kappa shape index (κ3) is 1.03. The average molecular weight is 173 g/mol. The molecule has 1 aliphatic rings. The lowest BCUT2D eigenvalue weighted by atomic mass is 9.84. The topological polar surface area (TPSA) is 75.0 Å². The van der Waals surface area contributed by atoms with Crippen LogP contribution in [0.4, 0.5) is 0 Å². The molecular weight excluding hydrogens is 166 g/mol. The summed E-state index contributed by atoms with van der Waals surface area (Å²) in [7, 11) is -3.39. The molecule has 4 nitrogen and oxygen atoms in total. The second kappa shape index (κ2) is 2.05. The van der Waals surface area contributed by atoms with Crippen molar-refractivity contribution in [3.05, 3.63) is 0 Å². The molecule has 0 aromatic heterocycles. The van der Waals surface area contributed by atoms with Gasteiger partial charge in [0.05, 0.1) is 6.07 Å².